The second-order valence-electron chi connectivity index (χ2n) is 5.81. The minimum atomic E-state index is -0.364. The number of nitrogens with one attached hydrogen (secondary N) is 2. The number of aromatic nitrogens is 1. The first-order chi connectivity index (χ1) is 12.6. The Balaban J connectivity index is 1.52. The fraction of sp³-hybridized carbons (Fsp3) is 0.211. The average Bonchev–Trinajstić information content (AvgIpc) is 2.99. The lowest BCUT2D eigenvalue weighted by molar-refractivity contribution is -0.121. The van der Waals surface area contributed by atoms with Gasteiger partial charge in [-0.25, -0.2) is 0 Å². The molecule has 0 unspecified atom stereocenters. The average molecular weight is 372 g/mol. The summed E-state index contributed by atoms with van der Waals surface area (Å²) < 4.78 is 5.60. The Labute approximate surface area is 155 Å². The molecule has 0 saturated carbocycles. The molecular weight excluding hydrogens is 354 g/mol. The van der Waals surface area contributed by atoms with Crippen LogP contribution in [0.2, 0.25) is 5.02 Å². The molecule has 2 amide bonds. The topological polar surface area (TPSA) is 84.2 Å². The predicted octanol–water partition coefficient (Wildman–Crippen LogP) is 3.23. The Hall–Kier alpha value is -2.86. The zero-order chi connectivity index (χ0) is 18.5. The van der Waals surface area contributed by atoms with Gasteiger partial charge in [-0.3, -0.25) is 14.6 Å². The summed E-state index contributed by atoms with van der Waals surface area (Å²) in [6.07, 6.45) is 3.52. The second-order valence-corrected chi connectivity index (χ2v) is 6.22. The lowest BCUT2D eigenvalue weighted by Gasteiger charge is -2.06. The molecule has 0 radical (unpaired) electrons. The number of fused-ring (bicyclic) bond motifs is 1. The van der Waals surface area contributed by atoms with Crippen LogP contribution in [0.25, 0.3) is 11.0 Å². The van der Waals surface area contributed by atoms with Gasteiger partial charge < -0.3 is 15.1 Å². The summed E-state index contributed by atoms with van der Waals surface area (Å²) in [5, 5.41) is 6.76. The number of carbonyl (C=O) groups excluding carboxylic acids is 2. The van der Waals surface area contributed by atoms with E-state index in [-0.39, 0.29) is 30.5 Å². The Kier molecular flexibility index (Phi) is 5.53. The maximum Gasteiger partial charge on any atom is 0.287 e. The number of para-hydroxylation sites is 1. The summed E-state index contributed by atoms with van der Waals surface area (Å²) in [4.78, 5) is 28.1. The second kappa shape index (κ2) is 8.01. The molecule has 0 saturated heterocycles. The molecule has 0 aliphatic heterocycles. The molecule has 2 heterocycles. The minimum Gasteiger partial charge on any atom is -0.449 e. The number of carbonyl (C=O) groups is 2. The molecule has 0 fully saturated rings. The lowest BCUT2D eigenvalue weighted by atomic mass is 10.1. The molecule has 26 heavy (non-hydrogen) atoms. The van der Waals surface area contributed by atoms with E-state index in [1.165, 1.54) is 0 Å². The van der Waals surface area contributed by atoms with E-state index in [1.807, 2.05) is 24.3 Å². The first-order valence-corrected chi connectivity index (χ1v) is 8.55. The smallest absolute Gasteiger partial charge is 0.287 e. The zero-order valence-electron chi connectivity index (χ0n) is 14.2. The molecule has 0 bridgehead atoms. The highest BCUT2D eigenvalue weighted by molar-refractivity contribution is 6.35. The first kappa shape index (κ1) is 17.9. The van der Waals surface area contributed by atoms with E-state index in [9.17, 15) is 9.59 Å². The van der Waals surface area contributed by atoms with Crippen molar-refractivity contribution in [1.29, 1.82) is 0 Å². The molecule has 0 aliphatic carbocycles. The van der Waals surface area contributed by atoms with Crippen molar-refractivity contribution in [3.63, 3.8) is 0 Å². The molecule has 3 rings (SSSR count). The van der Waals surface area contributed by atoms with E-state index in [1.54, 1.807) is 25.4 Å². The van der Waals surface area contributed by atoms with Crippen molar-refractivity contribution in [3.8, 4) is 0 Å². The van der Waals surface area contributed by atoms with Crippen LogP contribution in [0.15, 0.2) is 47.1 Å². The highest BCUT2D eigenvalue weighted by Crippen LogP contribution is 2.30. The van der Waals surface area contributed by atoms with Crippen molar-refractivity contribution < 1.29 is 14.0 Å². The largest absolute Gasteiger partial charge is 0.449 e. The van der Waals surface area contributed by atoms with E-state index < -0.39 is 0 Å². The number of nitrogens with zero attached hydrogens (tertiary/aromatic N) is 1. The Morgan fingerprint density at radius 3 is 2.65 bits per heavy atom. The summed E-state index contributed by atoms with van der Waals surface area (Å²) in [6.45, 7) is 2.44. The number of pyridine rings is 1. The maximum absolute atomic E-state index is 12.3. The molecular formula is C19H18ClN3O3. The zero-order valence-corrected chi connectivity index (χ0v) is 15.0. The van der Waals surface area contributed by atoms with Crippen LogP contribution in [0.4, 0.5) is 0 Å². The van der Waals surface area contributed by atoms with Crippen molar-refractivity contribution >= 4 is 34.4 Å². The summed E-state index contributed by atoms with van der Waals surface area (Å²) >= 11 is 6.10. The summed E-state index contributed by atoms with van der Waals surface area (Å²) in [7, 11) is 0. The number of amides is 2. The quantitative estimate of drug-likeness (QED) is 0.696. The first-order valence-electron chi connectivity index (χ1n) is 8.17. The van der Waals surface area contributed by atoms with E-state index in [4.69, 9.17) is 16.0 Å². The highest BCUT2D eigenvalue weighted by atomic mass is 35.5. The Morgan fingerprint density at radius 2 is 1.92 bits per heavy atom. The van der Waals surface area contributed by atoms with Gasteiger partial charge >= 0.3 is 0 Å². The standard InChI is InChI=1S/C19H18ClN3O3/c1-12-14-3-2-4-15(20)18(14)26-17(12)19(25)22-10-7-16(24)23-11-13-5-8-21-9-6-13/h2-6,8-9H,7,10-11H2,1H3,(H,22,25)(H,23,24). The number of furan rings is 1. The van der Waals surface area contributed by atoms with Crippen molar-refractivity contribution in [2.45, 2.75) is 19.9 Å². The molecule has 0 spiro atoms. The normalized spacial score (nSPS) is 10.7. The summed E-state index contributed by atoms with van der Waals surface area (Å²) in [6, 6.07) is 9.03. The molecule has 2 aromatic heterocycles. The predicted molar refractivity (Wildman–Crippen MR) is 99.0 cm³/mol. The van der Waals surface area contributed by atoms with E-state index in [0.717, 1.165) is 16.5 Å². The van der Waals surface area contributed by atoms with Gasteiger partial charge in [0.25, 0.3) is 5.91 Å². The fourth-order valence-electron chi connectivity index (χ4n) is 2.58. The Morgan fingerprint density at radius 1 is 1.15 bits per heavy atom. The molecule has 2 N–H and O–H groups in total. The van der Waals surface area contributed by atoms with Crippen molar-refractivity contribution in [2.75, 3.05) is 6.54 Å². The number of hydrogen-bond acceptors (Lipinski definition) is 4. The fourth-order valence-corrected chi connectivity index (χ4v) is 2.80. The van der Waals surface area contributed by atoms with Gasteiger partial charge in [-0.05, 0) is 30.7 Å². The Bertz CT molecular complexity index is 938. The van der Waals surface area contributed by atoms with E-state index in [0.29, 0.717) is 17.2 Å². The lowest BCUT2D eigenvalue weighted by Crippen LogP contribution is -2.30. The van der Waals surface area contributed by atoms with Crippen LogP contribution in [0.5, 0.6) is 0 Å². The van der Waals surface area contributed by atoms with E-state index >= 15 is 0 Å². The van der Waals surface area contributed by atoms with Gasteiger partial charge in [0.05, 0.1) is 5.02 Å². The molecule has 134 valence electrons. The van der Waals surface area contributed by atoms with Crippen LogP contribution in [0.3, 0.4) is 0 Å². The molecule has 0 atom stereocenters. The summed E-state index contributed by atoms with van der Waals surface area (Å²) in [5.74, 6) is -0.298. The van der Waals surface area contributed by atoms with Crippen LogP contribution in [-0.2, 0) is 11.3 Å². The number of benzene rings is 1. The van der Waals surface area contributed by atoms with Gasteiger partial charge in [0.1, 0.15) is 0 Å². The van der Waals surface area contributed by atoms with Gasteiger partial charge in [0.2, 0.25) is 5.91 Å². The van der Waals surface area contributed by atoms with Gasteiger partial charge in [-0.15, -0.1) is 0 Å². The SMILES string of the molecule is Cc1c(C(=O)NCCC(=O)NCc2ccncc2)oc2c(Cl)cccc12. The minimum absolute atomic E-state index is 0.147. The van der Waals surface area contributed by atoms with E-state index in [2.05, 4.69) is 15.6 Å². The molecule has 7 heteroatoms. The van der Waals surface area contributed by atoms with Gasteiger partial charge in [-0.1, -0.05) is 23.7 Å². The van der Waals surface area contributed by atoms with Gasteiger partial charge in [0, 0.05) is 42.9 Å². The maximum atomic E-state index is 12.3. The third-order valence-electron chi connectivity index (χ3n) is 4.00. The number of hydrogen-bond donors (Lipinski definition) is 2. The number of aryl methyl sites for hydroxylation is 1. The van der Waals surface area contributed by atoms with Crippen LogP contribution < -0.4 is 10.6 Å². The van der Waals surface area contributed by atoms with Crippen LogP contribution in [-0.4, -0.2) is 23.3 Å². The summed E-state index contributed by atoms with van der Waals surface area (Å²) in [5.41, 5.74) is 2.18. The number of rotatable bonds is 6. The highest BCUT2D eigenvalue weighted by Gasteiger charge is 2.18. The van der Waals surface area contributed by atoms with Gasteiger partial charge in [0.15, 0.2) is 11.3 Å². The number of halogens is 1. The van der Waals surface area contributed by atoms with Crippen molar-refractivity contribution in [3.05, 3.63) is 64.6 Å². The monoisotopic (exact) mass is 371 g/mol. The van der Waals surface area contributed by atoms with Crippen LogP contribution in [0, 0.1) is 6.92 Å². The van der Waals surface area contributed by atoms with Crippen molar-refractivity contribution in [2.24, 2.45) is 0 Å². The molecule has 6 nitrogen and oxygen atoms in total. The van der Waals surface area contributed by atoms with Crippen molar-refractivity contribution in [1.82, 2.24) is 15.6 Å². The third kappa shape index (κ3) is 4.03. The molecule has 3 aromatic rings. The third-order valence-corrected chi connectivity index (χ3v) is 4.30. The van der Waals surface area contributed by atoms with Crippen LogP contribution in [0.1, 0.15) is 28.1 Å². The van der Waals surface area contributed by atoms with Gasteiger partial charge in [-0.2, -0.15) is 0 Å². The molecule has 1 aromatic carbocycles. The molecule has 0 aliphatic rings. The van der Waals surface area contributed by atoms with Crippen LogP contribution >= 0.6 is 11.6 Å².